The summed E-state index contributed by atoms with van der Waals surface area (Å²) in [6, 6.07) is 20.1. The van der Waals surface area contributed by atoms with E-state index in [4.69, 9.17) is 4.42 Å². The summed E-state index contributed by atoms with van der Waals surface area (Å²) >= 11 is 0. The molecule has 0 aliphatic carbocycles. The van der Waals surface area contributed by atoms with Crippen LogP contribution in [0.25, 0.3) is 11.0 Å². The van der Waals surface area contributed by atoms with Crippen LogP contribution in [0.4, 0.5) is 5.69 Å². The lowest BCUT2D eigenvalue weighted by Crippen LogP contribution is -2.07. The van der Waals surface area contributed by atoms with Gasteiger partial charge in [-0.2, -0.15) is 0 Å². The van der Waals surface area contributed by atoms with Gasteiger partial charge in [0.05, 0.1) is 5.69 Å². The number of para-hydroxylation sites is 2. The predicted molar refractivity (Wildman–Crippen MR) is 100.0 cm³/mol. The molecule has 0 saturated heterocycles. The fraction of sp³-hybridized carbons (Fsp3) is 0.286. The number of hydrogen-bond donors (Lipinski definition) is 0. The van der Waals surface area contributed by atoms with Crippen molar-refractivity contribution >= 4 is 16.7 Å². The molecule has 0 aliphatic heterocycles. The summed E-state index contributed by atoms with van der Waals surface area (Å²) in [6.45, 7) is 10.1. The molecule has 23 heavy (non-hydrogen) atoms. The molecule has 0 bridgehead atoms. The first-order chi connectivity index (χ1) is 11.4. The summed E-state index contributed by atoms with van der Waals surface area (Å²) in [5.41, 5.74) is 3.61. The zero-order valence-electron chi connectivity index (χ0n) is 14.8. The minimum Gasteiger partial charge on any atom is -0.438 e. The van der Waals surface area contributed by atoms with Crippen molar-refractivity contribution < 1.29 is 4.42 Å². The molecule has 3 rings (SSSR count). The highest BCUT2D eigenvalue weighted by Crippen LogP contribution is 2.14. The third-order valence-electron chi connectivity index (χ3n) is 3.10. The van der Waals surface area contributed by atoms with Crippen molar-refractivity contribution in [2.24, 2.45) is 4.99 Å². The molecule has 0 amide bonds. The van der Waals surface area contributed by atoms with Crippen molar-refractivity contribution in [2.45, 2.75) is 41.0 Å². The highest BCUT2D eigenvalue weighted by Gasteiger charge is 2.01. The van der Waals surface area contributed by atoms with Crippen LogP contribution in [0.3, 0.4) is 0 Å². The molecule has 0 N–H and O–H groups in total. The molecule has 2 nitrogen and oxygen atoms in total. The van der Waals surface area contributed by atoms with Crippen LogP contribution >= 0.6 is 0 Å². The molecule has 0 saturated carbocycles. The van der Waals surface area contributed by atoms with Gasteiger partial charge in [0.25, 0.3) is 0 Å². The van der Waals surface area contributed by atoms with Gasteiger partial charge in [-0.25, -0.2) is 4.99 Å². The lowest BCUT2D eigenvalue weighted by atomic mass is 10.1. The Morgan fingerprint density at radius 1 is 0.826 bits per heavy atom. The van der Waals surface area contributed by atoms with Gasteiger partial charge in [-0.3, -0.25) is 0 Å². The van der Waals surface area contributed by atoms with Gasteiger partial charge < -0.3 is 4.42 Å². The quantitative estimate of drug-likeness (QED) is 0.547. The first kappa shape index (κ1) is 18.7. The molecule has 0 aliphatic rings. The Bertz CT molecular complexity index is 757. The molecule has 0 radical (unpaired) electrons. The fourth-order valence-electron chi connectivity index (χ4n) is 2.08. The second-order valence-corrected chi connectivity index (χ2v) is 4.42. The van der Waals surface area contributed by atoms with Gasteiger partial charge in [0.2, 0.25) is 5.55 Å². The molecule has 2 aromatic carbocycles. The predicted octanol–water partition coefficient (Wildman–Crippen LogP) is 6.28. The SMILES string of the molecule is CC.CC.CCc1cc2ccccc2oc1=Nc1ccccc1. The summed E-state index contributed by atoms with van der Waals surface area (Å²) in [5, 5.41) is 1.12. The molecule has 2 heteroatoms. The molecule has 3 aromatic rings. The van der Waals surface area contributed by atoms with E-state index in [-0.39, 0.29) is 0 Å². The second kappa shape index (κ2) is 10.4. The van der Waals surface area contributed by atoms with Crippen LogP contribution in [0.5, 0.6) is 0 Å². The van der Waals surface area contributed by atoms with Crippen molar-refractivity contribution in [2.75, 3.05) is 0 Å². The zero-order valence-corrected chi connectivity index (χ0v) is 14.8. The van der Waals surface area contributed by atoms with Gasteiger partial charge in [0.15, 0.2) is 0 Å². The average Bonchev–Trinajstić information content (AvgIpc) is 2.65. The fourth-order valence-corrected chi connectivity index (χ4v) is 2.08. The maximum atomic E-state index is 5.92. The molecular weight excluding hydrogens is 282 g/mol. The lowest BCUT2D eigenvalue weighted by Gasteiger charge is -2.02. The Balaban J connectivity index is 0.000000615. The number of hydrogen-bond acceptors (Lipinski definition) is 2. The molecule has 0 atom stereocenters. The van der Waals surface area contributed by atoms with E-state index in [9.17, 15) is 0 Å². The van der Waals surface area contributed by atoms with Gasteiger partial charge in [-0.15, -0.1) is 0 Å². The Hall–Kier alpha value is -2.35. The van der Waals surface area contributed by atoms with Crippen molar-refractivity contribution in [3.8, 4) is 0 Å². The van der Waals surface area contributed by atoms with E-state index in [1.165, 1.54) is 0 Å². The largest absolute Gasteiger partial charge is 0.438 e. The Morgan fingerprint density at radius 3 is 2.09 bits per heavy atom. The third-order valence-corrected chi connectivity index (χ3v) is 3.10. The van der Waals surface area contributed by atoms with Gasteiger partial charge in [-0.05, 0) is 30.7 Å². The van der Waals surface area contributed by atoms with Crippen LogP contribution in [0, 0.1) is 0 Å². The van der Waals surface area contributed by atoms with Crippen LogP contribution < -0.4 is 5.55 Å². The van der Waals surface area contributed by atoms with Crippen molar-refractivity contribution in [1.82, 2.24) is 0 Å². The Kier molecular flexibility index (Phi) is 8.45. The van der Waals surface area contributed by atoms with E-state index < -0.39 is 0 Å². The van der Waals surface area contributed by atoms with E-state index in [1.807, 2.05) is 76.2 Å². The van der Waals surface area contributed by atoms with Gasteiger partial charge in [0.1, 0.15) is 5.58 Å². The summed E-state index contributed by atoms with van der Waals surface area (Å²) in [4.78, 5) is 4.60. The van der Waals surface area contributed by atoms with Crippen LogP contribution in [0.15, 0.2) is 70.1 Å². The lowest BCUT2D eigenvalue weighted by molar-refractivity contribution is 0.535. The molecule has 1 aromatic heterocycles. The normalized spacial score (nSPS) is 10.4. The number of rotatable bonds is 2. The first-order valence-electron chi connectivity index (χ1n) is 8.48. The van der Waals surface area contributed by atoms with Gasteiger partial charge in [0, 0.05) is 10.9 Å². The maximum Gasteiger partial charge on any atom is 0.223 e. The molecule has 0 fully saturated rings. The number of fused-ring (bicyclic) bond motifs is 1. The van der Waals surface area contributed by atoms with E-state index in [0.29, 0.717) is 5.55 Å². The van der Waals surface area contributed by atoms with E-state index in [2.05, 4.69) is 24.0 Å². The van der Waals surface area contributed by atoms with Crippen LogP contribution in [-0.2, 0) is 6.42 Å². The summed E-state index contributed by atoms with van der Waals surface area (Å²) in [5.74, 6) is 0. The Morgan fingerprint density at radius 2 is 1.43 bits per heavy atom. The van der Waals surface area contributed by atoms with Crippen LogP contribution in [0.2, 0.25) is 0 Å². The average molecular weight is 309 g/mol. The van der Waals surface area contributed by atoms with Crippen molar-refractivity contribution in [3.05, 3.63) is 71.8 Å². The number of nitrogens with zero attached hydrogens (tertiary/aromatic N) is 1. The number of aryl methyl sites for hydroxylation is 1. The van der Waals surface area contributed by atoms with Crippen molar-refractivity contribution in [3.63, 3.8) is 0 Å². The van der Waals surface area contributed by atoms with Crippen LogP contribution in [0.1, 0.15) is 40.2 Å². The van der Waals surface area contributed by atoms with E-state index in [0.717, 1.165) is 28.6 Å². The third kappa shape index (κ3) is 5.10. The highest BCUT2D eigenvalue weighted by atomic mass is 16.3. The Labute approximate surface area is 139 Å². The van der Waals surface area contributed by atoms with Crippen molar-refractivity contribution in [1.29, 1.82) is 0 Å². The van der Waals surface area contributed by atoms with Gasteiger partial charge in [-0.1, -0.05) is 71.0 Å². The minimum absolute atomic E-state index is 0.701. The first-order valence-corrected chi connectivity index (χ1v) is 8.48. The summed E-state index contributed by atoms with van der Waals surface area (Å²) < 4.78 is 5.92. The maximum absolute atomic E-state index is 5.92. The topological polar surface area (TPSA) is 25.5 Å². The second-order valence-electron chi connectivity index (χ2n) is 4.42. The monoisotopic (exact) mass is 309 g/mol. The standard InChI is InChI=1S/C17H15NO.2C2H6/c1-2-13-12-14-8-6-7-11-16(14)19-17(13)18-15-9-4-3-5-10-15;2*1-2/h3-12H,2H2,1H3;2*1-2H3. The molecule has 122 valence electrons. The van der Waals surface area contributed by atoms with Gasteiger partial charge >= 0.3 is 0 Å². The molecule has 0 spiro atoms. The smallest absolute Gasteiger partial charge is 0.223 e. The zero-order chi connectivity index (χ0) is 17.1. The minimum atomic E-state index is 0.701. The summed E-state index contributed by atoms with van der Waals surface area (Å²) in [7, 11) is 0. The molecule has 1 heterocycles. The van der Waals surface area contributed by atoms with E-state index in [1.54, 1.807) is 0 Å². The molecular formula is C21H27NO. The number of benzene rings is 2. The van der Waals surface area contributed by atoms with E-state index >= 15 is 0 Å². The van der Waals surface area contributed by atoms with Crippen LogP contribution in [-0.4, -0.2) is 0 Å². The molecule has 0 unspecified atom stereocenters. The highest BCUT2D eigenvalue weighted by molar-refractivity contribution is 5.76. The summed E-state index contributed by atoms with van der Waals surface area (Å²) in [6.07, 6.45) is 0.903.